The molecule has 0 amide bonds. The highest BCUT2D eigenvalue weighted by Gasteiger charge is 2.32. The third-order valence-electron chi connectivity index (χ3n) is 5.14. The van der Waals surface area contributed by atoms with Crippen LogP contribution in [0.15, 0.2) is 36.8 Å². The lowest BCUT2D eigenvalue weighted by molar-refractivity contribution is 0.191. The minimum absolute atomic E-state index is 0.258. The van der Waals surface area contributed by atoms with Gasteiger partial charge in [-0.1, -0.05) is 12.1 Å². The molecule has 1 saturated heterocycles. The molecule has 0 spiro atoms. The van der Waals surface area contributed by atoms with E-state index in [1.165, 1.54) is 5.56 Å². The molecule has 0 bridgehead atoms. The number of aliphatic hydroxyl groups excluding tert-OH is 1. The summed E-state index contributed by atoms with van der Waals surface area (Å²) >= 11 is 0. The highest BCUT2D eigenvalue weighted by molar-refractivity contribution is 5.78. The Morgan fingerprint density at radius 2 is 2.18 bits per heavy atom. The molecule has 28 heavy (non-hydrogen) atoms. The molecule has 148 valence electrons. The van der Waals surface area contributed by atoms with Crippen LogP contribution in [0, 0.1) is 0 Å². The summed E-state index contributed by atoms with van der Waals surface area (Å²) in [6.07, 6.45) is 4.76. The predicted molar refractivity (Wildman–Crippen MR) is 111 cm³/mol. The number of H-pyrrole nitrogens is 1. The first kappa shape index (κ1) is 18.6. The number of nitrogens with zero attached hydrogens (tertiary/aromatic N) is 5. The van der Waals surface area contributed by atoms with Crippen molar-refractivity contribution in [2.75, 3.05) is 43.9 Å². The number of benzene rings is 1. The summed E-state index contributed by atoms with van der Waals surface area (Å²) in [4.78, 5) is 13.1. The van der Waals surface area contributed by atoms with E-state index in [0.717, 1.165) is 48.5 Å². The standard InChI is InChI=1S/C20H27N7O/c1-26(2)11-16-8-17(28)12-27(16)20-9-19(22-13-23-20)21-6-5-14-3-4-15-10-24-25-18(15)7-14/h3-4,7,9-10,13,16-17,28H,5-6,8,11-12H2,1-2H3,(H,24,25)(H,21,22,23)/t16-,17-/m1/s1. The summed E-state index contributed by atoms with van der Waals surface area (Å²) in [5.41, 5.74) is 2.30. The number of hydrogen-bond acceptors (Lipinski definition) is 7. The zero-order valence-electron chi connectivity index (χ0n) is 16.3. The molecule has 0 saturated carbocycles. The van der Waals surface area contributed by atoms with Crippen LogP contribution in [0.3, 0.4) is 0 Å². The molecule has 1 aromatic carbocycles. The first-order valence-corrected chi connectivity index (χ1v) is 9.66. The second-order valence-electron chi connectivity index (χ2n) is 7.69. The number of likely N-dealkylation sites (N-methyl/N-ethyl adjacent to an activating group) is 1. The van der Waals surface area contributed by atoms with Gasteiger partial charge in [0.25, 0.3) is 0 Å². The van der Waals surface area contributed by atoms with Crippen LogP contribution in [0.25, 0.3) is 10.9 Å². The molecule has 2 atom stereocenters. The maximum atomic E-state index is 10.1. The van der Waals surface area contributed by atoms with Gasteiger partial charge in [-0.05, 0) is 38.6 Å². The predicted octanol–water partition coefficient (Wildman–Crippen LogP) is 1.51. The fraction of sp³-hybridized carbons (Fsp3) is 0.450. The van der Waals surface area contributed by atoms with E-state index in [4.69, 9.17) is 0 Å². The monoisotopic (exact) mass is 381 g/mol. The highest BCUT2D eigenvalue weighted by atomic mass is 16.3. The molecule has 3 N–H and O–H groups in total. The molecule has 3 aromatic rings. The molecular formula is C20H27N7O. The first-order valence-electron chi connectivity index (χ1n) is 9.66. The highest BCUT2D eigenvalue weighted by Crippen LogP contribution is 2.25. The van der Waals surface area contributed by atoms with Crippen LogP contribution in [0.4, 0.5) is 11.6 Å². The summed E-state index contributed by atoms with van der Waals surface area (Å²) < 4.78 is 0. The van der Waals surface area contributed by atoms with Crippen molar-refractivity contribution in [2.24, 2.45) is 0 Å². The molecular weight excluding hydrogens is 354 g/mol. The van der Waals surface area contributed by atoms with Gasteiger partial charge >= 0.3 is 0 Å². The molecule has 2 aromatic heterocycles. The van der Waals surface area contributed by atoms with Crippen LogP contribution in [0.1, 0.15) is 12.0 Å². The van der Waals surface area contributed by atoms with Crippen molar-refractivity contribution < 1.29 is 5.11 Å². The van der Waals surface area contributed by atoms with Gasteiger partial charge in [0, 0.05) is 37.1 Å². The fourth-order valence-electron chi connectivity index (χ4n) is 3.84. The Balaban J connectivity index is 1.39. The minimum atomic E-state index is -0.311. The van der Waals surface area contributed by atoms with Gasteiger partial charge in [0.15, 0.2) is 0 Å². The normalized spacial score (nSPS) is 19.6. The SMILES string of the molecule is CN(C)C[C@H]1C[C@@H](O)CN1c1cc(NCCc2ccc3cn[nH]c3c2)ncn1. The van der Waals surface area contributed by atoms with Gasteiger partial charge in [-0.15, -0.1) is 0 Å². The third-order valence-corrected chi connectivity index (χ3v) is 5.14. The number of anilines is 2. The number of rotatable bonds is 7. The lowest BCUT2D eigenvalue weighted by atomic mass is 10.1. The lowest BCUT2D eigenvalue weighted by Gasteiger charge is -2.27. The Bertz CT molecular complexity index is 926. The van der Waals surface area contributed by atoms with Crippen LogP contribution in [-0.2, 0) is 6.42 Å². The van der Waals surface area contributed by atoms with E-state index in [1.807, 2.05) is 12.3 Å². The number of hydrogen-bond donors (Lipinski definition) is 3. The van der Waals surface area contributed by atoms with Crippen LogP contribution in [-0.4, -0.2) is 76.0 Å². The van der Waals surface area contributed by atoms with E-state index in [-0.39, 0.29) is 12.1 Å². The van der Waals surface area contributed by atoms with Gasteiger partial charge in [-0.3, -0.25) is 5.10 Å². The Morgan fingerprint density at radius 1 is 1.29 bits per heavy atom. The van der Waals surface area contributed by atoms with E-state index in [1.54, 1.807) is 6.33 Å². The maximum absolute atomic E-state index is 10.1. The topological polar surface area (TPSA) is 93.2 Å². The first-order chi connectivity index (χ1) is 13.6. The summed E-state index contributed by atoms with van der Waals surface area (Å²) in [6, 6.07) is 8.57. The van der Waals surface area contributed by atoms with E-state index < -0.39 is 0 Å². The van der Waals surface area contributed by atoms with Gasteiger partial charge in [-0.2, -0.15) is 5.10 Å². The molecule has 4 rings (SSSR count). The minimum Gasteiger partial charge on any atom is -0.391 e. The fourth-order valence-corrected chi connectivity index (χ4v) is 3.84. The molecule has 1 aliphatic rings. The van der Waals surface area contributed by atoms with Crippen LogP contribution >= 0.6 is 0 Å². The Kier molecular flexibility index (Phi) is 5.40. The molecule has 0 aliphatic carbocycles. The Morgan fingerprint density at radius 3 is 3.04 bits per heavy atom. The van der Waals surface area contributed by atoms with Gasteiger partial charge in [0.05, 0.1) is 17.8 Å². The van der Waals surface area contributed by atoms with E-state index >= 15 is 0 Å². The number of β-amino-alcohol motifs (C(OH)–C–C–N with tert-alkyl or cyclic N) is 1. The van der Waals surface area contributed by atoms with Gasteiger partial charge < -0.3 is 20.2 Å². The summed E-state index contributed by atoms with van der Waals surface area (Å²) in [5, 5.41) is 21.7. The Hall–Kier alpha value is -2.71. The Labute approximate surface area is 164 Å². The smallest absolute Gasteiger partial charge is 0.134 e. The van der Waals surface area contributed by atoms with Crippen LogP contribution in [0.2, 0.25) is 0 Å². The number of aromatic nitrogens is 4. The molecule has 0 unspecified atom stereocenters. The number of nitrogens with one attached hydrogen (secondary N) is 2. The molecule has 8 heteroatoms. The van der Waals surface area contributed by atoms with Gasteiger partial charge in [-0.25, -0.2) is 9.97 Å². The van der Waals surface area contributed by atoms with Crippen molar-refractivity contribution in [2.45, 2.75) is 25.0 Å². The second kappa shape index (κ2) is 8.12. The van der Waals surface area contributed by atoms with Gasteiger partial charge in [0.1, 0.15) is 18.0 Å². The van der Waals surface area contributed by atoms with Crippen molar-refractivity contribution in [3.8, 4) is 0 Å². The second-order valence-corrected chi connectivity index (χ2v) is 7.69. The van der Waals surface area contributed by atoms with Crippen molar-refractivity contribution in [3.05, 3.63) is 42.4 Å². The molecule has 1 fully saturated rings. The van der Waals surface area contributed by atoms with Crippen LogP contribution < -0.4 is 10.2 Å². The van der Waals surface area contributed by atoms with Gasteiger partial charge in [0.2, 0.25) is 0 Å². The van der Waals surface area contributed by atoms with Crippen molar-refractivity contribution in [3.63, 3.8) is 0 Å². The third kappa shape index (κ3) is 4.23. The quantitative estimate of drug-likeness (QED) is 0.571. The summed E-state index contributed by atoms with van der Waals surface area (Å²) in [7, 11) is 4.10. The van der Waals surface area contributed by atoms with Crippen LogP contribution in [0.5, 0.6) is 0 Å². The van der Waals surface area contributed by atoms with Crippen molar-refractivity contribution in [1.29, 1.82) is 0 Å². The number of aliphatic hydroxyl groups is 1. The molecule has 8 nitrogen and oxygen atoms in total. The zero-order valence-corrected chi connectivity index (χ0v) is 16.3. The number of fused-ring (bicyclic) bond motifs is 1. The average Bonchev–Trinajstić information content (AvgIpc) is 3.27. The molecule has 1 aliphatic heterocycles. The molecule has 0 radical (unpaired) electrons. The maximum Gasteiger partial charge on any atom is 0.134 e. The van der Waals surface area contributed by atoms with E-state index in [0.29, 0.717) is 6.54 Å². The molecule has 3 heterocycles. The zero-order chi connectivity index (χ0) is 19.5. The van der Waals surface area contributed by atoms with E-state index in [2.05, 4.69) is 67.6 Å². The average molecular weight is 381 g/mol. The summed E-state index contributed by atoms with van der Waals surface area (Å²) in [6.45, 7) is 2.28. The lowest BCUT2D eigenvalue weighted by Crippen LogP contribution is -2.38. The summed E-state index contributed by atoms with van der Waals surface area (Å²) in [5.74, 6) is 1.66. The largest absolute Gasteiger partial charge is 0.391 e. The number of aromatic amines is 1. The van der Waals surface area contributed by atoms with Crippen molar-refractivity contribution >= 4 is 22.5 Å². The van der Waals surface area contributed by atoms with E-state index in [9.17, 15) is 5.11 Å². The van der Waals surface area contributed by atoms with Crippen molar-refractivity contribution in [1.82, 2.24) is 25.1 Å².